The second kappa shape index (κ2) is 7.06. The van der Waals surface area contributed by atoms with Gasteiger partial charge in [0.15, 0.2) is 0 Å². The van der Waals surface area contributed by atoms with Crippen molar-refractivity contribution in [2.75, 3.05) is 27.7 Å². The van der Waals surface area contributed by atoms with Crippen LogP contribution in [0.4, 0.5) is 0 Å². The summed E-state index contributed by atoms with van der Waals surface area (Å²) in [7, 11) is 5.37. The summed E-state index contributed by atoms with van der Waals surface area (Å²) in [4.78, 5) is 22.4. The lowest BCUT2D eigenvalue weighted by molar-refractivity contribution is -0.873. The standard InChI is InChI=1S/C13H21NO5/c1-5-6-7-9(12(16)17)11(13(18)19)10(15)8-14(2,3)4/h5-7,10-11,15H,8H2,1-4H3,(H-,16,17,18,19)/p+1/b6-5+,9-7+. The largest absolute Gasteiger partial charge is 0.481 e. The van der Waals surface area contributed by atoms with E-state index in [1.165, 1.54) is 12.2 Å². The molecule has 0 spiro atoms. The Morgan fingerprint density at radius 2 is 1.74 bits per heavy atom. The van der Waals surface area contributed by atoms with E-state index in [9.17, 15) is 14.7 Å². The second-order valence-electron chi connectivity index (χ2n) is 5.31. The number of hydrogen-bond donors (Lipinski definition) is 3. The molecule has 0 aliphatic rings. The highest BCUT2D eigenvalue weighted by Crippen LogP contribution is 2.19. The predicted molar refractivity (Wildman–Crippen MR) is 70.6 cm³/mol. The Morgan fingerprint density at radius 3 is 2.05 bits per heavy atom. The summed E-state index contributed by atoms with van der Waals surface area (Å²) in [6, 6.07) is 0. The van der Waals surface area contributed by atoms with Crippen molar-refractivity contribution in [1.82, 2.24) is 0 Å². The number of nitrogens with zero attached hydrogens (tertiary/aromatic N) is 1. The first-order valence-corrected chi connectivity index (χ1v) is 5.87. The van der Waals surface area contributed by atoms with Gasteiger partial charge in [-0.25, -0.2) is 4.79 Å². The van der Waals surface area contributed by atoms with Crippen LogP contribution in [-0.4, -0.2) is 65.5 Å². The molecule has 6 nitrogen and oxygen atoms in total. The molecule has 2 unspecified atom stereocenters. The number of aliphatic carboxylic acids is 2. The fourth-order valence-corrected chi connectivity index (χ4v) is 1.68. The molecule has 19 heavy (non-hydrogen) atoms. The fraction of sp³-hybridized carbons (Fsp3) is 0.538. The maximum Gasteiger partial charge on any atom is 0.332 e. The zero-order valence-corrected chi connectivity index (χ0v) is 11.7. The smallest absolute Gasteiger partial charge is 0.332 e. The highest BCUT2D eigenvalue weighted by atomic mass is 16.4. The monoisotopic (exact) mass is 272 g/mol. The summed E-state index contributed by atoms with van der Waals surface area (Å²) >= 11 is 0. The van der Waals surface area contributed by atoms with Crippen LogP contribution >= 0.6 is 0 Å². The van der Waals surface area contributed by atoms with E-state index in [2.05, 4.69) is 0 Å². The molecular formula is C13H22NO5+. The molecule has 6 heteroatoms. The molecule has 0 heterocycles. The van der Waals surface area contributed by atoms with E-state index < -0.39 is 24.0 Å². The van der Waals surface area contributed by atoms with Gasteiger partial charge >= 0.3 is 11.9 Å². The molecule has 0 aliphatic heterocycles. The quantitative estimate of drug-likeness (QED) is 0.353. The van der Waals surface area contributed by atoms with Gasteiger partial charge in [-0.05, 0) is 6.92 Å². The summed E-state index contributed by atoms with van der Waals surface area (Å²) in [5, 5.41) is 28.3. The van der Waals surface area contributed by atoms with E-state index in [1.54, 1.807) is 34.1 Å². The molecule has 0 saturated heterocycles. The summed E-state index contributed by atoms with van der Waals surface area (Å²) in [5.74, 6) is -4.14. The van der Waals surface area contributed by atoms with E-state index in [0.29, 0.717) is 4.48 Å². The lowest BCUT2D eigenvalue weighted by Crippen LogP contribution is -2.46. The molecule has 0 aliphatic carbocycles. The van der Waals surface area contributed by atoms with Gasteiger partial charge in [0.2, 0.25) is 0 Å². The number of rotatable bonds is 7. The van der Waals surface area contributed by atoms with Gasteiger partial charge in [-0.1, -0.05) is 18.2 Å². The first-order valence-electron chi connectivity index (χ1n) is 5.87. The molecule has 0 saturated carbocycles. The first kappa shape index (κ1) is 17.3. The number of quaternary nitrogens is 1. The van der Waals surface area contributed by atoms with E-state index in [-0.39, 0.29) is 12.1 Å². The molecule has 0 fully saturated rings. The minimum absolute atomic E-state index is 0.136. The Labute approximate surface area is 112 Å². The van der Waals surface area contributed by atoms with Crippen LogP contribution in [0.3, 0.4) is 0 Å². The van der Waals surface area contributed by atoms with Crippen LogP contribution in [0.15, 0.2) is 23.8 Å². The van der Waals surface area contributed by atoms with Gasteiger partial charge in [-0.15, -0.1) is 0 Å². The fourth-order valence-electron chi connectivity index (χ4n) is 1.68. The van der Waals surface area contributed by atoms with Crippen molar-refractivity contribution in [1.29, 1.82) is 0 Å². The number of aliphatic hydroxyl groups excluding tert-OH is 1. The summed E-state index contributed by atoms with van der Waals surface area (Å²) < 4.78 is 0.335. The number of allylic oxidation sites excluding steroid dienone is 3. The van der Waals surface area contributed by atoms with Gasteiger partial charge in [0.05, 0.1) is 26.7 Å². The highest BCUT2D eigenvalue weighted by Gasteiger charge is 2.36. The maximum absolute atomic E-state index is 11.2. The molecular weight excluding hydrogens is 250 g/mol. The lowest BCUT2D eigenvalue weighted by Gasteiger charge is -2.29. The molecule has 0 bridgehead atoms. The number of carboxylic acids is 2. The van der Waals surface area contributed by atoms with Crippen molar-refractivity contribution >= 4 is 11.9 Å². The Balaban J connectivity index is 5.39. The minimum atomic E-state index is -1.45. The third-order valence-corrected chi connectivity index (χ3v) is 2.44. The van der Waals surface area contributed by atoms with E-state index in [4.69, 9.17) is 10.2 Å². The molecule has 0 amide bonds. The number of hydrogen-bond acceptors (Lipinski definition) is 3. The lowest BCUT2D eigenvalue weighted by atomic mass is 9.92. The molecule has 108 valence electrons. The van der Waals surface area contributed by atoms with Crippen LogP contribution in [0.2, 0.25) is 0 Å². The predicted octanol–water partition coefficient (Wildman–Crippen LogP) is 0.341. The van der Waals surface area contributed by atoms with Gasteiger partial charge in [0, 0.05) is 0 Å². The Hall–Kier alpha value is -1.66. The Bertz CT molecular complexity index is 392. The normalized spacial score (nSPS) is 16.4. The van der Waals surface area contributed by atoms with Crippen LogP contribution in [0, 0.1) is 5.92 Å². The van der Waals surface area contributed by atoms with Crippen LogP contribution in [0.25, 0.3) is 0 Å². The highest BCUT2D eigenvalue weighted by molar-refractivity contribution is 5.94. The zero-order chi connectivity index (χ0) is 15.2. The molecule has 3 N–H and O–H groups in total. The third-order valence-electron chi connectivity index (χ3n) is 2.44. The molecule has 0 aromatic heterocycles. The summed E-state index contributed by atoms with van der Waals surface area (Å²) in [6.07, 6.45) is 2.97. The average molecular weight is 272 g/mol. The average Bonchev–Trinajstić information content (AvgIpc) is 2.19. The van der Waals surface area contributed by atoms with Crippen LogP contribution in [0.5, 0.6) is 0 Å². The first-order chi connectivity index (χ1) is 8.60. The topological polar surface area (TPSA) is 94.8 Å². The van der Waals surface area contributed by atoms with Crippen LogP contribution in [0.1, 0.15) is 6.92 Å². The van der Waals surface area contributed by atoms with Crippen molar-refractivity contribution in [2.24, 2.45) is 5.92 Å². The van der Waals surface area contributed by atoms with E-state index in [1.807, 2.05) is 0 Å². The van der Waals surface area contributed by atoms with Gasteiger partial charge in [0.1, 0.15) is 18.6 Å². The van der Waals surface area contributed by atoms with Gasteiger partial charge < -0.3 is 19.8 Å². The molecule has 0 aromatic rings. The maximum atomic E-state index is 11.2. The van der Waals surface area contributed by atoms with Gasteiger partial charge in [-0.2, -0.15) is 0 Å². The minimum Gasteiger partial charge on any atom is -0.481 e. The Kier molecular flexibility index (Phi) is 6.44. The molecule has 0 radical (unpaired) electrons. The van der Waals surface area contributed by atoms with Gasteiger partial charge in [-0.3, -0.25) is 4.79 Å². The summed E-state index contributed by atoms with van der Waals surface area (Å²) in [5.41, 5.74) is -0.327. The van der Waals surface area contributed by atoms with E-state index >= 15 is 0 Å². The molecule has 2 atom stereocenters. The van der Waals surface area contributed by atoms with Gasteiger partial charge in [0.25, 0.3) is 0 Å². The number of aliphatic hydroxyl groups is 1. The van der Waals surface area contributed by atoms with Crippen molar-refractivity contribution < 1.29 is 29.4 Å². The van der Waals surface area contributed by atoms with E-state index in [0.717, 1.165) is 0 Å². The summed E-state index contributed by atoms with van der Waals surface area (Å²) in [6.45, 7) is 1.83. The van der Waals surface area contributed by atoms with Crippen molar-refractivity contribution in [3.8, 4) is 0 Å². The Morgan fingerprint density at radius 1 is 1.21 bits per heavy atom. The number of carbonyl (C=O) groups is 2. The SMILES string of the molecule is C/C=C/C=C(/C(=O)O)C(C(=O)O)C(O)C[N+](C)(C)C. The third kappa shape index (κ3) is 6.17. The molecule has 0 rings (SSSR count). The second-order valence-corrected chi connectivity index (χ2v) is 5.31. The van der Waals surface area contributed by atoms with Crippen molar-refractivity contribution in [3.63, 3.8) is 0 Å². The van der Waals surface area contributed by atoms with Crippen LogP contribution < -0.4 is 0 Å². The number of carboxylic acid groups (broad SMARTS) is 2. The number of likely N-dealkylation sites (N-methyl/N-ethyl adjacent to an activating group) is 1. The van der Waals surface area contributed by atoms with Crippen LogP contribution in [-0.2, 0) is 9.59 Å². The zero-order valence-electron chi connectivity index (χ0n) is 11.7. The molecule has 0 aromatic carbocycles. The van der Waals surface area contributed by atoms with Crippen molar-refractivity contribution in [2.45, 2.75) is 13.0 Å². The van der Waals surface area contributed by atoms with Crippen molar-refractivity contribution in [3.05, 3.63) is 23.8 Å².